The second-order valence-electron chi connectivity index (χ2n) is 26.9. The number of aromatic nitrogens is 2. The molecule has 2 aromatic heterocycles. The van der Waals surface area contributed by atoms with E-state index < -0.39 is 71.4 Å². The van der Waals surface area contributed by atoms with Crippen LogP contribution in [0.15, 0.2) is 159 Å². The number of amides is 5. The molecule has 11 N–H and O–H groups in total. The van der Waals surface area contributed by atoms with Crippen molar-refractivity contribution in [2.75, 3.05) is 38.2 Å². The number of rotatable bonds is 13. The zero-order valence-corrected chi connectivity index (χ0v) is 59.6. The van der Waals surface area contributed by atoms with Crippen molar-refractivity contribution in [3.05, 3.63) is 203 Å². The molecule has 98 heavy (non-hydrogen) atoms. The third kappa shape index (κ3) is 19.1. The third-order valence-corrected chi connectivity index (χ3v) is 21.6. The van der Waals surface area contributed by atoms with Crippen LogP contribution in [0.25, 0.3) is 21.8 Å². The quantitative estimate of drug-likeness (QED) is 0.0485. The average molecular weight is 1370 g/mol. The number of methoxy groups -OCH3 is 1. The summed E-state index contributed by atoms with van der Waals surface area (Å²) in [5, 5.41) is 24.6. The Morgan fingerprint density at radius 2 is 1.42 bits per heavy atom. The predicted molar refractivity (Wildman–Crippen MR) is 396 cm³/mol. The van der Waals surface area contributed by atoms with Gasteiger partial charge >= 0.3 is 0 Å². The summed E-state index contributed by atoms with van der Waals surface area (Å²) in [6, 6.07) is 21.6. The summed E-state index contributed by atoms with van der Waals surface area (Å²) in [5.74, 6) is 0.0204. The second kappa shape index (κ2) is 34.4. The Morgan fingerprint density at radius 1 is 0.735 bits per heavy atom. The van der Waals surface area contributed by atoms with Crippen molar-refractivity contribution >= 4 is 74.9 Å². The smallest absolute Gasteiger partial charge is 0.246 e. The van der Waals surface area contributed by atoms with Gasteiger partial charge in [0.05, 0.1) is 36.3 Å². The number of H-pyrrole nitrogens is 2. The molecular weight excluding hydrogens is 1270 g/mol. The Kier molecular flexibility index (Phi) is 25.9. The van der Waals surface area contributed by atoms with Crippen molar-refractivity contribution in [1.82, 2.24) is 57.0 Å². The molecule has 0 spiro atoms. The molecule has 3 aliphatic heterocycles. The van der Waals surface area contributed by atoms with Gasteiger partial charge in [-0.1, -0.05) is 125 Å². The van der Waals surface area contributed by atoms with Crippen molar-refractivity contribution in [3.63, 3.8) is 0 Å². The number of nitrogens with zero attached hydrogens (tertiary/aromatic N) is 2. The molecule has 2 saturated heterocycles. The molecule has 0 saturated carbocycles. The van der Waals surface area contributed by atoms with E-state index in [1.807, 2.05) is 38.2 Å². The summed E-state index contributed by atoms with van der Waals surface area (Å²) < 4.78 is 21.1. The van der Waals surface area contributed by atoms with Gasteiger partial charge in [0.25, 0.3) is 0 Å². The average Bonchev–Trinajstić information content (AvgIpc) is 1.76. The number of aryl methyl sites for hydroxylation is 2. The number of nitrogens with one attached hydrogen (secondary N) is 9. The van der Waals surface area contributed by atoms with Gasteiger partial charge in [-0.15, -0.1) is 0 Å². The van der Waals surface area contributed by atoms with Crippen LogP contribution in [-0.4, -0.2) is 141 Å². The molecule has 5 amide bonds. The van der Waals surface area contributed by atoms with E-state index in [4.69, 9.17) is 17.0 Å². The number of halogens is 1. The van der Waals surface area contributed by atoms with Gasteiger partial charge in [0.2, 0.25) is 29.5 Å². The van der Waals surface area contributed by atoms with Gasteiger partial charge < -0.3 is 67.5 Å². The molecule has 2 bridgehead atoms. The lowest BCUT2D eigenvalue weighted by Crippen LogP contribution is -2.59. The normalized spacial score (nSPS) is 24.1. The number of hydrogen-bond donors (Lipinski definition) is 10. The van der Waals surface area contributed by atoms with Crippen LogP contribution in [0.3, 0.4) is 0 Å². The Balaban J connectivity index is 1.04. The number of ether oxygens (including phenoxy) is 1. The standard InChI is InChI=1S/C77H101FN12O6S2/c1-12-13-14-20-65-73(92)82-41-49(4)83-67(38-58-42-80-63-28-24-48(3)35-61(58)63)74(93)87-68(39-59-43-81-64-29-27-60(78)40-62(59)64)76(95)89-32-16-21-70(89)75(94)88-72(53(8)96-11)51(6)84-66(37-55-25-22-47(2)23-26-55)52(7)90-33-17-31-77(90,10)54(9)85-69(50(5)79)46-98-45-57-19-15-18-56(36-57)44-97-34-30-71(91)86-65/h15,18-19,22-29,35-36,40,42-43,53,65-70,72,80-81,83-85H,4-7,9,12-14,16-17,20-21,30-34,37-39,41,44-46,79H2,1-3,8,10-11H3,(H,82,92)(H,86,91)(H,87,93)(H,88,94)/t53-,65+,66-,67-,68-,69-,70-,72+,77-/m0/s1. The molecule has 0 radical (unpaired) electrons. The minimum absolute atomic E-state index is 0.0652. The molecule has 9 atom stereocenters. The van der Waals surface area contributed by atoms with Crippen LogP contribution in [-0.2, 0) is 59.5 Å². The number of aromatic amines is 2. The zero-order chi connectivity index (χ0) is 70.2. The number of hydrogen-bond acceptors (Lipinski definition) is 13. The first-order valence-electron chi connectivity index (χ1n) is 34.4. The largest absolute Gasteiger partial charge is 0.401 e. The highest BCUT2D eigenvalue weighted by Crippen LogP contribution is 2.39. The van der Waals surface area contributed by atoms with Gasteiger partial charge in [-0.05, 0) is 124 Å². The molecule has 2 fully saturated rings. The highest BCUT2D eigenvalue weighted by molar-refractivity contribution is 7.98. The zero-order valence-electron chi connectivity index (χ0n) is 57.9. The van der Waals surface area contributed by atoms with Gasteiger partial charge in [-0.3, -0.25) is 24.0 Å². The maximum atomic E-state index is 15.7. The Hall–Kier alpha value is -8.40. The van der Waals surface area contributed by atoms with Crippen LogP contribution in [0.2, 0.25) is 0 Å². The van der Waals surface area contributed by atoms with E-state index in [9.17, 15) is 9.59 Å². The van der Waals surface area contributed by atoms with Crippen LogP contribution < -0.4 is 43.0 Å². The first kappa shape index (κ1) is 73.8. The third-order valence-electron chi connectivity index (χ3n) is 19.4. The molecular formula is C77H101FN12O6S2. The number of carbonyl (C=O) groups excluding carboxylic acids is 5. The molecule has 4 aromatic carbocycles. The molecule has 0 aliphatic carbocycles. The minimum Gasteiger partial charge on any atom is -0.401 e. The molecule has 524 valence electrons. The van der Waals surface area contributed by atoms with E-state index in [2.05, 4.69) is 148 Å². The summed E-state index contributed by atoms with van der Waals surface area (Å²) in [6.07, 6.45) is 9.18. The molecule has 6 aromatic rings. The van der Waals surface area contributed by atoms with Crippen LogP contribution in [0.5, 0.6) is 0 Å². The number of thioether (sulfide) groups is 2. The van der Waals surface area contributed by atoms with Crippen LogP contribution in [0.1, 0.15) is 118 Å². The van der Waals surface area contributed by atoms with Crippen molar-refractivity contribution < 1.29 is 33.1 Å². The maximum Gasteiger partial charge on any atom is 0.246 e. The number of fused-ring (bicyclic) bond motifs is 6. The molecule has 21 heteroatoms. The van der Waals surface area contributed by atoms with Crippen molar-refractivity contribution in [2.45, 2.75) is 177 Å². The number of nitrogens with two attached hydrogens (primary N) is 1. The Labute approximate surface area is 586 Å². The lowest BCUT2D eigenvalue weighted by molar-refractivity contribution is -0.142. The van der Waals surface area contributed by atoms with E-state index >= 15 is 18.8 Å². The fourth-order valence-electron chi connectivity index (χ4n) is 13.5. The van der Waals surface area contributed by atoms with E-state index in [-0.39, 0.29) is 50.2 Å². The maximum absolute atomic E-state index is 15.7. The molecule has 9 rings (SSSR count). The summed E-state index contributed by atoms with van der Waals surface area (Å²) in [7, 11) is 1.57. The lowest BCUT2D eigenvalue weighted by Gasteiger charge is -2.44. The van der Waals surface area contributed by atoms with Gasteiger partial charge in [0.15, 0.2) is 0 Å². The van der Waals surface area contributed by atoms with E-state index in [0.717, 1.165) is 93.5 Å². The SMILES string of the molecule is C=C1CNC(=O)[C@@H](CCCCC)NC(=O)CCSCc2cccc(c2)CSC[C@@H](C(=C)N)NC(=C)[C@]2(C)CCCN2C(=C)[C@H](Cc2ccc(C)cc2)NC(=C)[C@H]([C@H](C)OC)NC(=O)[C@@H]2CCCN2C(=O)[C@H](Cc2c[nH]c3ccc(F)cc23)NC(=O)[C@H](Cc2c[nH]c3ccc(C)cc23)N1. The summed E-state index contributed by atoms with van der Waals surface area (Å²) >= 11 is 3.41. The van der Waals surface area contributed by atoms with Crippen LogP contribution in [0, 0.1) is 19.7 Å². The van der Waals surface area contributed by atoms with Gasteiger partial charge in [-0.2, -0.15) is 23.5 Å². The lowest BCUT2D eigenvalue weighted by atomic mass is 9.92. The molecule has 5 heterocycles. The predicted octanol–water partition coefficient (Wildman–Crippen LogP) is 10.4. The number of unbranched alkanes of at least 4 members (excludes halogenated alkanes) is 2. The summed E-state index contributed by atoms with van der Waals surface area (Å²) in [4.78, 5) is 84.5. The number of benzene rings is 4. The van der Waals surface area contributed by atoms with Crippen molar-refractivity contribution in [3.8, 4) is 0 Å². The second-order valence-corrected chi connectivity index (χ2v) is 29.0. The number of carbonyl (C=O) groups is 5. The van der Waals surface area contributed by atoms with E-state index in [1.54, 1.807) is 42.9 Å². The van der Waals surface area contributed by atoms with Crippen molar-refractivity contribution in [1.29, 1.82) is 0 Å². The first-order valence-corrected chi connectivity index (χ1v) is 36.7. The summed E-state index contributed by atoms with van der Waals surface area (Å²) in [5.41, 5.74) is 17.2. The van der Waals surface area contributed by atoms with Crippen molar-refractivity contribution in [2.24, 2.45) is 5.73 Å². The highest BCUT2D eigenvalue weighted by Gasteiger charge is 2.44. The Bertz CT molecular complexity index is 3870. The Morgan fingerprint density at radius 3 is 2.12 bits per heavy atom. The van der Waals surface area contributed by atoms with E-state index in [1.165, 1.54) is 17.0 Å². The van der Waals surface area contributed by atoms with Gasteiger partial charge in [-0.25, -0.2) is 4.39 Å². The van der Waals surface area contributed by atoms with Gasteiger partial charge in [0, 0.05) is 125 Å². The highest BCUT2D eigenvalue weighted by atomic mass is 32.2. The molecule has 3 aliphatic rings. The minimum atomic E-state index is -1.26. The molecule has 0 unspecified atom stereocenters. The first-order chi connectivity index (χ1) is 47.0. The fraction of sp³-hybridized carbons (Fsp3) is 0.442. The molecule has 18 nitrogen and oxygen atoms in total. The summed E-state index contributed by atoms with van der Waals surface area (Å²) in [6.45, 7) is 33.6. The van der Waals surface area contributed by atoms with Gasteiger partial charge in [0.1, 0.15) is 30.0 Å². The monoisotopic (exact) mass is 1370 g/mol. The fourth-order valence-corrected chi connectivity index (χ4v) is 15.5. The van der Waals surface area contributed by atoms with E-state index in [0.29, 0.717) is 83.0 Å². The van der Waals surface area contributed by atoms with Crippen LogP contribution in [0.4, 0.5) is 4.39 Å². The topological polar surface area (TPSA) is 243 Å². The van der Waals surface area contributed by atoms with Crippen LogP contribution >= 0.6 is 23.5 Å².